The minimum atomic E-state index is 0.214. The molecule has 0 aromatic carbocycles. The van der Waals surface area contributed by atoms with Crippen LogP contribution in [0.3, 0.4) is 0 Å². The van der Waals surface area contributed by atoms with E-state index in [-0.39, 0.29) is 11.8 Å². The minimum absolute atomic E-state index is 0.214. The van der Waals surface area contributed by atoms with E-state index in [1.165, 1.54) is 0 Å². The molecule has 0 saturated carbocycles. The van der Waals surface area contributed by atoms with Crippen molar-refractivity contribution >= 4 is 5.78 Å². The van der Waals surface area contributed by atoms with Crippen LogP contribution in [0.25, 0.3) is 0 Å². The number of hydrogen-bond acceptors (Lipinski definition) is 3. The molecule has 0 aliphatic carbocycles. The fourth-order valence-electron chi connectivity index (χ4n) is 1.45. The molecular formula is C11H17NO2. The van der Waals surface area contributed by atoms with E-state index >= 15 is 0 Å². The zero-order valence-corrected chi connectivity index (χ0v) is 8.64. The number of nitrogens with one attached hydrogen (secondary N) is 1. The quantitative estimate of drug-likeness (QED) is 0.672. The van der Waals surface area contributed by atoms with Gasteiger partial charge in [0.1, 0.15) is 5.78 Å². The zero-order chi connectivity index (χ0) is 10.2. The number of ether oxygens (including phenoxy) is 1. The van der Waals surface area contributed by atoms with Crippen molar-refractivity contribution in [1.29, 1.82) is 0 Å². The molecule has 1 aliphatic heterocycles. The van der Waals surface area contributed by atoms with Gasteiger partial charge >= 0.3 is 0 Å². The number of ketones is 1. The Balaban J connectivity index is 2.14. The van der Waals surface area contributed by atoms with Crippen LogP contribution in [0.2, 0.25) is 0 Å². The van der Waals surface area contributed by atoms with Crippen molar-refractivity contribution in [3.63, 3.8) is 0 Å². The van der Waals surface area contributed by atoms with Crippen molar-refractivity contribution in [2.45, 2.75) is 32.2 Å². The number of rotatable bonds is 4. The topological polar surface area (TPSA) is 38.3 Å². The van der Waals surface area contributed by atoms with Gasteiger partial charge in [-0.1, -0.05) is 0 Å². The van der Waals surface area contributed by atoms with Crippen LogP contribution >= 0.6 is 0 Å². The van der Waals surface area contributed by atoms with Gasteiger partial charge in [0.15, 0.2) is 0 Å². The Kier molecular flexibility index (Phi) is 5.28. The fraction of sp³-hybridized carbons (Fsp3) is 0.727. The highest BCUT2D eigenvalue weighted by molar-refractivity contribution is 5.79. The number of hydrogen-bond donors (Lipinski definition) is 1. The average molecular weight is 195 g/mol. The highest BCUT2D eigenvalue weighted by Gasteiger charge is 2.15. The van der Waals surface area contributed by atoms with Crippen LogP contribution in [0, 0.1) is 11.8 Å². The van der Waals surface area contributed by atoms with Gasteiger partial charge in [0.05, 0.1) is 13.2 Å². The number of carbonyl (C=O) groups excluding carboxylic acids is 1. The van der Waals surface area contributed by atoms with Gasteiger partial charge in [-0.15, -0.1) is 11.8 Å². The third-order valence-electron chi connectivity index (χ3n) is 2.18. The third kappa shape index (κ3) is 4.40. The van der Waals surface area contributed by atoms with E-state index in [0.29, 0.717) is 25.9 Å². The molecule has 0 spiro atoms. The third-order valence-corrected chi connectivity index (χ3v) is 2.18. The molecule has 1 rings (SSSR count). The first kappa shape index (κ1) is 11.2. The zero-order valence-electron chi connectivity index (χ0n) is 8.64. The summed E-state index contributed by atoms with van der Waals surface area (Å²) in [7, 11) is 0. The lowest BCUT2D eigenvalue weighted by Crippen LogP contribution is -2.42. The predicted molar refractivity (Wildman–Crippen MR) is 54.9 cm³/mol. The second kappa shape index (κ2) is 6.58. The molecule has 1 aliphatic rings. The summed E-state index contributed by atoms with van der Waals surface area (Å²) in [5.41, 5.74) is 0. The second-order valence-electron chi connectivity index (χ2n) is 3.40. The van der Waals surface area contributed by atoms with Gasteiger partial charge in [-0.25, -0.2) is 0 Å². The Morgan fingerprint density at radius 2 is 2.50 bits per heavy atom. The SMILES string of the molecule is CC#CCCC(=O)CC1COCCN1. The van der Waals surface area contributed by atoms with E-state index < -0.39 is 0 Å². The van der Waals surface area contributed by atoms with Gasteiger partial charge in [0, 0.05) is 31.8 Å². The molecule has 1 unspecified atom stereocenters. The average Bonchev–Trinajstić information content (AvgIpc) is 2.20. The predicted octanol–water partition coefficient (Wildman–Crippen LogP) is 0.737. The summed E-state index contributed by atoms with van der Waals surface area (Å²) < 4.78 is 5.27. The minimum Gasteiger partial charge on any atom is -0.379 e. The van der Waals surface area contributed by atoms with Crippen molar-refractivity contribution in [3.8, 4) is 11.8 Å². The van der Waals surface area contributed by atoms with Crippen LogP contribution in [0.1, 0.15) is 26.2 Å². The van der Waals surface area contributed by atoms with Gasteiger partial charge < -0.3 is 10.1 Å². The Bertz CT molecular complexity index is 233. The summed E-state index contributed by atoms with van der Waals surface area (Å²) in [6.07, 6.45) is 1.83. The Morgan fingerprint density at radius 1 is 1.64 bits per heavy atom. The molecule has 1 atom stereocenters. The van der Waals surface area contributed by atoms with Crippen LogP contribution < -0.4 is 5.32 Å². The van der Waals surface area contributed by atoms with Crippen LogP contribution in [0.4, 0.5) is 0 Å². The number of morpholine rings is 1. The van der Waals surface area contributed by atoms with E-state index in [1.807, 2.05) is 0 Å². The smallest absolute Gasteiger partial charge is 0.135 e. The lowest BCUT2D eigenvalue weighted by atomic mass is 10.1. The van der Waals surface area contributed by atoms with Crippen molar-refractivity contribution in [1.82, 2.24) is 5.32 Å². The first-order chi connectivity index (χ1) is 6.83. The Hall–Kier alpha value is -0.850. The summed E-state index contributed by atoms with van der Waals surface area (Å²) in [5, 5.41) is 3.26. The molecule has 3 nitrogen and oxygen atoms in total. The summed E-state index contributed by atoms with van der Waals surface area (Å²) in [5.74, 6) is 5.95. The fourth-order valence-corrected chi connectivity index (χ4v) is 1.45. The molecule has 78 valence electrons. The molecule has 1 N–H and O–H groups in total. The number of Topliss-reactive ketones (excluding diaryl/α,β-unsaturated/α-hetero) is 1. The largest absolute Gasteiger partial charge is 0.379 e. The second-order valence-corrected chi connectivity index (χ2v) is 3.40. The maximum atomic E-state index is 11.4. The van der Waals surface area contributed by atoms with Crippen LogP contribution in [0.5, 0.6) is 0 Å². The van der Waals surface area contributed by atoms with Gasteiger partial charge in [-0.3, -0.25) is 4.79 Å². The molecule has 1 saturated heterocycles. The van der Waals surface area contributed by atoms with Crippen LogP contribution in [-0.4, -0.2) is 31.6 Å². The molecule has 0 radical (unpaired) electrons. The maximum absolute atomic E-state index is 11.4. The summed E-state index contributed by atoms with van der Waals surface area (Å²) in [6.45, 7) is 4.06. The molecule has 1 heterocycles. The van der Waals surface area contributed by atoms with Gasteiger partial charge in [-0.2, -0.15) is 0 Å². The normalized spacial score (nSPS) is 21.1. The first-order valence-corrected chi connectivity index (χ1v) is 5.05. The van der Waals surface area contributed by atoms with E-state index in [4.69, 9.17) is 4.74 Å². The maximum Gasteiger partial charge on any atom is 0.135 e. The molecule has 0 bridgehead atoms. The highest BCUT2D eigenvalue weighted by Crippen LogP contribution is 2.02. The number of carbonyl (C=O) groups is 1. The van der Waals surface area contributed by atoms with E-state index in [2.05, 4.69) is 17.2 Å². The molecular weight excluding hydrogens is 178 g/mol. The van der Waals surface area contributed by atoms with Gasteiger partial charge in [-0.05, 0) is 6.92 Å². The van der Waals surface area contributed by atoms with E-state index in [0.717, 1.165) is 13.2 Å². The van der Waals surface area contributed by atoms with Crippen molar-refractivity contribution in [2.24, 2.45) is 0 Å². The molecule has 3 heteroatoms. The summed E-state index contributed by atoms with van der Waals surface area (Å²) in [4.78, 5) is 11.4. The van der Waals surface area contributed by atoms with Crippen molar-refractivity contribution in [2.75, 3.05) is 19.8 Å². The standard InChI is InChI=1S/C11H17NO2/c1-2-3-4-5-11(13)8-10-9-14-7-6-12-10/h10,12H,4-9H2,1H3. The summed E-state index contributed by atoms with van der Waals surface area (Å²) in [6, 6.07) is 0.214. The molecule has 0 aromatic rings. The van der Waals surface area contributed by atoms with Crippen LogP contribution in [0.15, 0.2) is 0 Å². The van der Waals surface area contributed by atoms with Crippen molar-refractivity contribution < 1.29 is 9.53 Å². The Morgan fingerprint density at radius 3 is 3.14 bits per heavy atom. The summed E-state index contributed by atoms with van der Waals surface area (Å²) >= 11 is 0. The molecule has 0 amide bonds. The van der Waals surface area contributed by atoms with E-state index in [9.17, 15) is 4.79 Å². The van der Waals surface area contributed by atoms with E-state index in [1.54, 1.807) is 6.92 Å². The van der Waals surface area contributed by atoms with Crippen LogP contribution in [-0.2, 0) is 9.53 Å². The highest BCUT2D eigenvalue weighted by atomic mass is 16.5. The van der Waals surface area contributed by atoms with Gasteiger partial charge in [0.25, 0.3) is 0 Å². The monoisotopic (exact) mass is 195 g/mol. The molecule has 1 fully saturated rings. The lowest BCUT2D eigenvalue weighted by molar-refractivity contribution is -0.120. The molecule has 0 aromatic heterocycles. The first-order valence-electron chi connectivity index (χ1n) is 5.05. The Labute approximate surface area is 85.2 Å². The van der Waals surface area contributed by atoms with Gasteiger partial charge in [0.2, 0.25) is 0 Å². The molecule has 14 heavy (non-hydrogen) atoms. The lowest BCUT2D eigenvalue weighted by Gasteiger charge is -2.22. The van der Waals surface area contributed by atoms with Crippen molar-refractivity contribution in [3.05, 3.63) is 0 Å².